The van der Waals surface area contributed by atoms with Crippen molar-refractivity contribution in [1.82, 2.24) is 5.32 Å². The molecule has 0 amide bonds. The van der Waals surface area contributed by atoms with Crippen LogP contribution >= 0.6 is 15.9 Å². The summed E-state index contributed by atoms with van der Waals surface area (Å²) in [5, 5.41) is 3.64. The van der Waals surface area contributed by atoms with Gasteiger partial charge in [0.05, 0.1) is 11.7 Å². The van der Waals surface area contributed by atoms with Crippen molar-refractivity contribution in [1.29, 1.82) is 0 Å². The van der Waals surface area contributed by atoms with Crippen LogP contribution in [0, 0.1) is 0 Å². The number of rotatable bonds is 4. The van der Waals surface area contributed by atoms with Gasteiger partial charge >= 0.3 is 0 Å². The molecule has 2 atom stereocenters. The Labute approximate surface area is 136 Å². The topological polar surface area (TPSA) is 21.3 Å². The van der Waals surface area contributed by atoms with Gasteiger partial charge in [-0.25, -0.2) is 0 Å². The average Bonchev–Trinajstić information content (AvgIpc) is 2.88. The van der Waals surface area contributed by atoms with E-state index in [2.05, 4.69) is 52.4 Å². The highest BCUT2D eigenvalue weighted by Gasteiger charge is 2.40. The van der Waals surface area contributed by atoms with Gasteiger partial charge in [0.1, 0.15) is 0 Å². The maximum absolute atomic E-state index is 6.43. The van der Waals surface area contributed by atoms with Crippen LogP contribution in [0.5, 0.6) is 0 Å². The molecule has 1 saturated carbocycles. The first kappa shape index (κ1) is 15.5. The molecule has 1 spiro atoms. The number of halogens is 1. The second-order valence-corrected chi connectivity index (χ2v) is 7.62. The van der Waals surface area contributed by atoms with Gasteiger partial charge in [-0.2, -0.15) is 0 Å². The first-order valence-corrected chi connectivity index (χ1v) is 9.13. The molecule has 2 fully saturated rings. The minimum Gasteiger partial charge on any atom is -0.370 e. The zero-order valence-electron chi connectivity index (χ0n) is 12.9. The molecule has 1 heterocycles. The third-order valence-electron chi connectivity index (χ3n) is 5.10. The summed E-state index contributed by atoms with van der Waals surface area (Å²) in [6.07, 6.45) is 9.56. The maximum Gasteiger partial charge on any atom is 0.0708 e. The summed E-state index contributed by atoms with van der Waals surface area (Å²) in [5.41, 5.74) is 1.57. The van der Waals surface area contributed by atoms with Gasteiger partial charge in [0, 0.05) is 17.1 Å². The molecule has 116 valence electrons. The largest absolute Gasteiger partial charge is 0.370 e. The van der Waals surface area contributed by atoms with Crippen molar-refractivity contribution in [2.24, 2.45) is 0 Å². The highest BCUT2D eigenvalue weighted by molar-refractivity contribution is 9.10. The third kappa shape index (κ3) is 3.88. The second-order valence-electron chi connectivity index (χ2n) is 6.71. The molecule has 1 N–H and O–H groups in total. The normalized spacial score (nSPS) is 26.1. The number of benzene rings is 1. The predicted octanol–water partition coefficient (Wildman–Crippen LogP) is 4.98. The number of hydrogen-bond acceptors (Lipinski definition) is 2. The van der Waals surface area contributed by atoms with Gasteiger partial charge in [0.25, 0.3) is 0 Å². The first-order valence-electron chi connectivity index (χ1n) is 8.34. The van der Waals surface area contributed by atoms with Crippen molar-refractivity contribution < 1.29 is 4.74 Å². The van der Waals surface area contributed by atoms with Crippen LogP contribution in [-0.2, 0) is 4.74 Å². The Morgan fingerprint density at radius 3 is 2.86 bits per heavy atom. The lowest BCUT2D eigenvalue weighted by Crippen LogP contribution is -2.35. The molecule has 3 rings (SSSR count). The van der Waals surface area contributed by atoms with E-state index in [9.17, 15) is 0 Å². The Morgan fingerprint density at radius 1 is 1.29 bits per heavy atom. The molecule has 1 aliphatic carbocycles. The van der Waals surface area contributed by atoms with Crippen LogP contribution in [0.15, 0.2) is 28.7 Å². The molecule has 2 unspecified atom stereocenters. The van der Waals surface area contributed by atoms with Crippen LogP contribution in [0.25, 0.3) is 0 Å². The summed E-state index contributed by atoms with van der Waals surface area (Å²) in [6.45, 7) is 3.20. The molecular weight excluding hydrogens is 326 g/mol. The molecule has 1 saturated heterocycles. The molecule has 0 radical (unpaired) electrons. The van der Waals surface area contributed by atoms with Crippen LogP contribution in [0.1, 0.15) is 63.5 Å². The standard InChI is InChI=1S/C18H26BrNO/c1-14(15-6-5-7-16(19)12-15)20-13-17-8-11-18(21-17)9-3-2-4-10-18/h5-7,12,14,17,20H,2-4,8-11,13H2,1H3. The lowest BCUT2D eigenvalue weighted by molar-refractivity contribution is -0.0628. The molecule has 3 heteroatoms. The Bertz CT molecular complexity index is 470. The van der Waals surface area contributed by atoms with Crippen molar-refractivity contribution in [2.45, 2.75) is 69.6 Å². The molecular formula is C18H26BrNO. The second kappa shape index (κ2) is 6.80. The van der Waals surface area contributed by atoms with Crippen molar-refractivity contribution in [3.63, 3.8) is 0 Å². The molecule has 2 nitrogen and oxygen atoms in total. The molecule has 21 heavy (non-hydrogen) atoms. The van der Waals surface area contributed by atoms with Crippen LogP contribution in [0.2, 0.25) is 0 Å². The number of hydrogen-bond donors (Lipinski definition) is 1. The Balaban J connectivity index is 1.49. The molecule has 1 aromatic rings. The van der Waals surface area contributed by atoms with E-state index >= 15 is 0 Å². The van der Waals surface area contributed by atoms with E-state index < -0.39 is 0 Å². The summed E-state index contributed by atoms with van der Waals surface area (Å²) in [7, 11) is 0. The summed E-state index contributed by atoms with van der Waals surface area (Å²) in [4.78, 5) is 0. The van der Waals surface area contributed by atoms with Crippen LogP contribution in [0.3, 0.4) is 0 Å². The van der Waals surface area contributed by atoms with Crippen molar-refractivity contribution >= 4 is 15.9 Å². The Morgan fingerprint density at radius 2 is 2.10 bits per heavy atom. The van der Waals surface area contributed by atoms with Crippen molar-refractivity contribution in [2.75, 3.05) is 6.54 Å². The summed E-state index contributed by atoms with van der Waals surface area (Å²) < 4.78 is 7.57. The van der Waals surface area contributed by atoms with Crippen molar-refractivity contribution in [3.05, 3.63) is 34.3 Å². The van der Waals surface area contributed by atoms with Gasteiger partial charge in [0.2, 0.25) is 0 Å². The lowest BCUT2D eigenvalue weighted by atomic mass is 9.83. The Hall–Kier alpha value is -0.380. The van der Waals surface area contributed by atoms with E-state index in [-0.39, 0.29) is 5.60 Å². The van der Waals surface area contributed by atoms with E-state index in [0.717, 1.165) is 11.0 Å². The average molecular weight is 352 g/mol. The van der Waals surface area contributed by atoms with E-state index in [4.69, 9.17) is 4.74 Å². The zero-order valence-corrected chi connectivity index (χ0v) is 14.5. The predicted molar refractivity (Wildman–Crippen MR) is 90.5 cm³/mol. The van der Waals surface area contributed by atoms with Gasteiger partial charge < -0.3 is 10.1 Å². The van der Waals surface area contributed by atoms with Crippen LogP contribution in [-0.4, -0.2) is 18.2 Å². The molecule has 1 aromatic carbocycles. The lowest BCUT2D eigenvalue weighted by Gasteiger charge is -2.33. The van der Waals surface area contributed by atoms with Gasteiger partial charge in [-0.05, 0) is 50.3 Å². The summed E-state index contributed by atoms with van der Waals surface area (Å²) in [5.74, 6) is 0. The monoisotopic (exact) mass is 351 g/mol. The maximum atomic E-state index is 6.43. The smallest absolute Gasteiger partial charge is 0.0708 e. The number of nitrogens with one attached hydrogen (secondary N) is 1. The van der Waals surface area contributed by atoms with Gasteiger partial charge in [-0.3, -0.25) is 0 Å². The highest BCUT2D eigenvalue weighted by Crippen LogP contribution is 2.41. The summed E-state index contributed by atoms with van der Waals surface area (Å²) >= 11 is 3.54. The van der Waals surface area contributed by atoms with Gasteiger partial charge in [-0.1, -0.05) is 47.3 Å². The fraction of sp³-hybridized carbons (Fsp3) is 0.667. The van der Waals surface area contributed by atoms with E-state index in [1.165, 1.54) is 50.5 Å². The molecule has 0 aromatic heterocycles. The van der Waals surface area contributed by atoms with Gasteiger partial charge in [0.15, 0.2) is 0 Å². The minimum atomic E-state index is 0.240. The SMILES string of the molecule is CC(NCC1CCC2(CCCCC2)O1)c1cccc(Br)c1. The zero-order chi connectivity index (χ0) is 14.7. The third-order valence-corrected chi connectivity index (χ3v) is 5.60. The fourth-order valence-electron chi connectivity index (χ4n) is 3.81. The van der Waals surface area contributed by atoms with E-state index in [0.29, 0.717) is 12.1 Å². The quantitative estimate of drug-likeness (QED) is 0.825. The van der Waals surface area contributed by atoms with Crippen LogP contribution in [0.4, 0.5) is 0 Å². The highest BCUT2D eigenvalue weighted by atomic mass is 79.9. The van der Waals surface area contributed by atoms with Crippen LogP contribution < -0.4 is 5.32 Å². The first-order chi connectivity index (χ1) is 10.2. The molecule has 2 aliphatic rings. The molecule has 0 bridgehead atoms. The number of ether oxygens (including phenoxy) is 1. The van der Waals surface area contributed by atoms with Crippen molar-refractivity contribution in [3.8, 4) is 0 Å². The van der Waals surface area contributed by atoms with E-state index in [1.54, 1.807) is 0 Å². The molecule has 1 aliphatic heterocycles. The Kier molecular flexibility index (Phi) is 5.03. The van der Waals surface area contributed by atoms with E-state index in [1.807, 2.05) is 0 Å². The minimum absolute atomic E-state index is 0.240. The fourth-order valence-corrected chi connectivity index (χ4v) is 4.22. The van der Waals surface area contributed by atoms with Gasteiger partial charge in [-0.15, -0.1) is 0 Å². The summed E-state index contributed by atoms with van der Waals surface area (Å²) in [6, 6.07) is 8.91.